The zero-order chi connectivity index (χ0) is 10.8. The summed E-state index contributed by atoms with van der Waals surface area (Å²) in [7, 11) is -0.876. The Morgan fingerprint density at radius 1 is 1.29 bits per heavy atom. The largest absolute Gasteiger partial charge is 0.259 e. The summed E-state index contributed by atoms with van der Waals surface area (Å²) in [5.41, 5.74) is 0. The zero-order valence-corrected chi connectivity index (χ0v) is 10.1. The maximum atomic E-state index is 12.1. The minimum Gasteiger partial charge on any atom is -0.259 e. The van der Waals surface area contributed by atoms with Crippen LogP contribution in [0.4, 0.5) is 0 Å². The molecule has 0 saturated heterocycles. The summed E-state index contributed by atoms with van der Waals surface area (Å²) >= 11 is 0. The molecule has 1 aliphatic rings. The topological polar surface area (TPSA) is 40.9 Å². The molecule has 1 rings (SSSR count). The lowest BCUT2D eigenvalue weighted by molar-refractivity contribution is 0.427. The predicted octanol–water partition coefficient (Wildman–Crippen LogP) is 2.62. The molecule has 80 valence electrons. The van der Waals surface area contributed by atoms with Gasteiger partial charge in [0.1, 0.15) is 0 Å². The highest BCUT2D eigenvalue weighted by molar-refractivity contribution is 7.87. The monoisotopic (exact) mass is 213 g/mol. The number of nitrogens with zero attached hydrogens (tertiary/aromatic N) is 1. The van der Waals surface area contributed by atoms with Crippen LogP contribution in [0.1, 0.15) is 46.5 Å². The Morgan fingerprint density at radius 2 is 1.86 bits per heavy atom. The molecule has 2 nitrogen and oxygen atoms in total. The Balaban J connectivity index is 2.75. The Kier molecular flexibility index (Phi) is 3.71. The molecule has 0 spiro atoms. The van der Waals surface area contributed by atoms with E-state index in [0.717, 1.165) is 25.7 Å². The standard InChI is InChI=1S/C11H19NOS/c1-11(2,3)14(13)10-7-5-4-6-9(10)8-12/h9-10H,4-7H2,1-3H3. The van der Waals surface area contributed by atoms with Crippen LogP contribution in [0.2, 0.25) is 0 Å². The van der Waals surface area contributed by atoms with Gasteiger partial charge in [-0.25, -0.2) is 0 Å². The number of nitriles is 1. The first-order valence-electron chi connectivity index (χ1n) is 5.27. The Bertz CT molecular complexity index is 261. The van der Waals surface area contributed by atoms with Gasteiger partial charge < -0.3 is 0 Å². The average molecular weight is 213 g/mol. The van der Waals surface area contributed by atoms with Gasteiger partial charge in [0.25, 0.3) is 0 Å². The van der Waals surface area contributed by atoms with Crippen LogP contribution in [0, 0.1) is 17.2 Å². The Labute approximate surface area is 89.1 Å². The second-order valence-electron chi connectivity index (χ2n) is 4.97. The first kappa shape index (κ1) is 11.7. The van der Waals surface area contributed by atoms with Crippen LogP contribution in [-0.2, 0) is 10.8 Å². The van der Waals surface area contributed by atoms with Crippen molar-refractivity contribution in [2.24, 2.45) is 5.92 Å². The molecule has 0 N–H and O–H groups in total. The van der Waals surface area contributed by atoms with E-state index in [1.807, 2.05) is 20.8 Å². The SMILES string of the molecule is CC(C)(C)S(=O)C1CCCCC1C#N. The fourth-order valence-corrected chi connectivity index (χ4v) is 3.74. The van der Waals surface area contributed by atoms with Crippen LogP contribution in [0.15, 0.2) is 0 Å². The van der Waals surface area contributed by atoms with E-state index in [-0.39, 0.29) is 15.9 Å². The molecule has 0 bridgehead atoms. The first-order chi connectivity index (χ1) is 6.46. The van der Waals surface area contributed by atoms with Gasteiger partial charge in [-0.1, -0.05) is 12.8 Å². The highest BCUT2D eigenvalue weighted by Crippen LogP contribution is 2.31. The molecule has 0 aromatic carbocycles. The number of rotatable bonds is 1. The van der Waals surface area contributed by atoms with Crippen molar-refractivity contribution in [1.29, 1.82) is 5.26 Å². The van der Waals surface area contributed by atoms with E-state index < -0.39 is 10.8 Å². The van der Waals surface area contributed by atoms with E-state index in [1.165, 1.54) is 0 Å². The third-order valence-electron chi connectivity index (χ3n) is 2.75. The third-order valence-corrected chi connectivity index (χ3v) is 5.07. The van der Waals surface area contributed by atoms with Gasteiger partial charge >= 0.3 is 0 Å². The predicted molar refractivity (Wildman–Crippen MR) is 59.3 cm³/mol. The Hall–Kier alpha value is -0.360. The summed E-state index contributed by atoms with van der Waals surface area (Å²) in [6.07, 6.45) is 4.14. The normalized spacial score (nSPS) is 30.7. The third kappa shape index (κ3) is 2.57. The maximum Gasteiger partial charge on any atom is 0.0668 e. The van der Waals surface area contributed by atoms with E-state index >= 15 is 0 Å². The lowest BCUT2D eigenvalue weighted by Gasteiger charge is -2.31. The lowest BCUT2D eigenvalue weighted by Crippen LogP contribution is -2.37. The van der Waals surface area contributed by atoms with Gasteiger partial charge in [0.05, 0.1) is 17.2 Å². The first-order valence-corrected chi connectivity index (χ1v) is 6.48. The molecule has 0 heterocycles. The summed E-state index contributed by atoms with van der Waals surface area (Å²) in [6.45, 7) is 5.98. The fourth-order valence-electron chi connectivity index (χ4n) is 1.95. The highest BCUT2D eigenvalue weighted by atomic mass is 32.2. The second-order valence-corrected chi connectivity index (χ2v) is 7.39. The van der Waals surface area contributed by atoms with Gasteiger partial charge in [-0.15, -0.1) is 0 Å². The molecule has 0 amide bonds. The summed E-state index contributed by atoms with van der Waals surface area (Å²) in [5.74, 6) is 0.0174. The van der Waals surface area contributed by atoms with Gasteiger partial charge in [-0.05, 0) is 33.6 Å². The summed E-state index contributed by atoms with van der Waals surface area (Å²) in [6, 6.07) is 2.31. The highest BCUT2D eigenvalue weighted by Gasteiger charge is 2.35. The summed E-state index contributed by atoms with van der Waals surface area (Å²) in [5, 5.41) is 9.10. The van der Waals surface area contributed by atoms with E-state index in [0.29, 0.717) is 0 Å². The maximum absolute atomic E-state index is 12.1. The minimum atomic E-state index is -0.876. The molecular formula is C11H19NOS. The van der Waals surface area contributed by atoms with Crippen LogP contribution in [0.5, 0.6) is 0 Å². The molecular weight excluding hydrogens is 194 g/mol. The fraction of sp³-hybridized carbons (Fsp3) is 0.909. The van der Waals surface area contributed by atoms with Crippen LogP contribution >= 0.6 is 0 Å². The molecule has 0 aliphatic heterocycles. The number of hydrogen-bond donors (Lipinski definition) is 0. The van der Waals surface area contributed by atoms with Gasteiger partial charge in [-0.3, -0.25) is 4.21 Å². The van der Waals surface area contributed by atoms with Crippen molar-refractivity contribution < 1.29 is 4.21 Å². The van der Waals surface area contributed by atoms with Crippen LogP contribution < -0.4 is 0 Å². The molecule has 0 aromatic rings. The molecule has 1 aliphatic carbocycles. The number of hydrogen-bond acceptors (Lipinski definition) is 2. The van der Waals surface area contributed by atoms with Crippen molar-refractivity contribution in [3.63, 3.8) is 0 Å². The zero-order valence-electron chi connectivity index (χ0n) is 9.25. The van der Waals surface area contributed by atoms with Gasteiger partial charge in [0, 0.05) is 15.5 Å². The summed E-state index contributed by atoms with van der Waals surface area (Å²) in [4.78, 5) is 0. The molecule has 3 heteroatoms. The molecule has 14 heavy (non-hydrogen) atoms. The molecule has 1 saturated carbocycles. The van der Waals surface area contributed by atoms with Crippen molar-refractivity contribution >= 4 is 10.8 Å². The Morgan fingerprint density at radius 3 is 2.36 bits per heavy atom. The van der Waals surface area contributed by atoms with Crippen molar-refractivity contribution in [2.45, 2.75) is 56.5 Å². The van der Waals surface area contributed by atoms with Crippen molar-refractivity contribution in [3.05, 3.63) is 0 Å². The van der Waals surface area contributed by atoms with Crippen LogP contribution in [0.25, 0.3) is 0 Å². The molecule has 1 fully saturated rings. The molecule has 0 radical (unpaired) electrons. The average Bonchev–Trinajstić information content (AvgIpc) is 2.15. The van der Waals surface area contributed by atoms with Crippen molar-refractivity contribution in [1.82, 2.24) is 0 Å². The van der Waals surface area contributed by atoms with Gasteiger partial charge in [-0.2, -0.15) is 5.26 Å². The summed E-state index contributed by atoms with van der Waals surface area (Å²) < 4.78 is 12.0. The van der Waals surface area contributed by atoms with E-state index in [9.17, 15) is 4.21 Å². The molecule has 3 atom stereocenters. The van der Waals surface area contributed by atoms with E-state index in [2.05, 4.69) is 6.07 Å². The van der Waals surface area contributed by atoms with Crippen molar-refractivity contribution in [3.8, 4) is 6.07 Å². The minimum absolute atomic E-state index is 0.0174. The quantitative estimate of drug-likeness (QED) is 0.672. The van der Waals surface area contributed by atoms with Crippen LogP contribution in [0.3, 0.4) is 0 Å². The molecule has 3 unspecified atom stereocenters. The van der Waals surface area contributed by atoms with Crippen LogP contribution in [-0.4, -0.2) is 14.2 Å². The van der Waals surface area contributed by atoms with Gasteiger partial charge in [0.2, 0.25) is 0 Å². The van der Waals surface area contributed by atoms with E-state index in [4.69, 9.17) is 5.26 Å². The molecule has 0 aromatic heterocycles. The van der Waals surface area contributed by atoms with Crippen molar-refractivity contribution in [2.75, 3.05) is 0 Å². The smallest absolute Gasteiger partial charge is 0.0668 e. The van der Waals surface area contributed by atoms with E-state index in [1.54, 1.807) is 0 Å². The second kappa shape index (κ2) is 4.44. The lowest BCUT2D eigenvalue weighted by atomic mass is 9.90. The van der Waals surface area contributed by atoms with Gasteiger partial charge in [0.15, 0.2) is 0 Å².